The van der Waals surface area contributed by atoms with Gasteiger partial charge < -0.3 is 39.7 Å². The van der Waals surface area contributed by atoms with Crippen LogP contribution in [0.2, 0.25) is 5.02 Å². The fourth-order valence-corrected chi connectivity index (χ4v) is 4.18. The van der Waals surface area contributed by atoms with Crippen molar-refractivity contribution in [1.29, 1.82) is 0 Å². The quantitative estimate of drug-likeness (QED) is 0.425. The molecule has 5 N–H and O–H groups in total. The van der Waals surface area contributed by atoms with Gasteiger partial charge in [-0.2, -0.15) is 0 Å². The van der Waals surface area contributed by atoms with Gasteiger partial charge in [0.15, 0.2) is 0 Å². The maximum atomic E-state index is 10.4. The molecule has 2 aliphatic heterocycles. The lowest BCUT2D eigenvalue weighted by Gasteiger charge is -2.45. The van der Waals surface area contributed by atoms with Gasteiger partial charge in [-0.25, -0.2) is 0 Å². The summed E-state index contributed by atoms with van der Waals surface area (Å²) in [4.78, 5) is 0. The molecule has 6 atom stereocenters. The summed E-state index contributed by atoms with van der Waals surface area (Å²) >= 11 is 6.38. The zero-order valence-electron chi connectivity index (χ0n) is 17.3. The lowest BCUT2D eigenvalue weighted by Crippen LogP contribution is -2.63. The third kappa shape index (κ3) is 4.78. The Hall–Kier alpha value is -1.75. The third-order valence-corrected chi connectivity index (χ3v) is 6.28. The van der Waals surface area contributed by atoms with Gasteiger partial charge in [-0.15, -0.1) is 0 Å². The van der Waals surface area contributed by atoms with Gasteiger partial charge in [-0.05, 0) is 41.3 Å². The SMILES string of the molecule is OCC1(O)O[C@@H](c2ccc(Cl)c(Cc3ccc(OC4CCOC4)cc3)c2)[C@H](O)[C@@H](O)[C@@H]1O. The van der Waals surface area contributed by atoms with E-state index in [4.69, 9.17) is 25.8 Å². The monoisotopic (exact) mass is 466 g/mol. The Morgan fingerprint density at radius 1 is 1.06 bits per heavy atom. The Bertz CT molecular complexity index is 917. The van der Waals surface area contributed by atoms with Gasteiger partial charge >= 0.3 is 0 Å². The Labute approximate surface area is 190 Å². The van der Waals surface area contributed by atoms with Crippen LogP contribution < -0.4 is 4.74 Å². The van der Waals surface area contributed by atoms with Crippen molar-refractivity contribution in [1.82, 2.24) is 0 Å². The second-order valence-electron chi connectivity index (χ2n) is 8.24. The van der Waals surface area contributed by atoms with E-state index in [2.05, 4.69) is 0 Å². The van der Waals surface area contributed by atoms with Crippen LogP contribution in [-0.2, 0) is 15.9 Å². The molecule has 0 aliphatic carbocycles. The number of rotatable bonds is 6. The molecule has 174 valence electrons. The van der Waals surface area contributed by atoms with E-state index in [-0.39, 0.29) is 6.10 Å². The van der Waals surface area contributed by atoms with E-state index in [0.717, 1.165) is 23.3 Å². The largest absolute Gasteiger partial charge is 0.488 e. The maximum absolute atomic E-state index is 10.4. The zero-order valence-corrected chi connectivity index (χ0v) is 18.1. The Kier molecular flexibility index (Phi) is 7.04. The van der Waals surface area contributed by atoms with Crippen molar-refractivity contribution >= 4 is 11.6 Å². The van der Waals surface area contributed by atoms with Crippen LogP contribution in [0, 0.1) is 0 Å². The molecule has 2 saturated heterocycles. The highest BCUT2D eigenvalue weighted by atomic mass is 35.5. The van der Waals surface area contributed by atoms with Crippen LogP contribution in [-0.4, -0.2) is 75.6 Å². The summed E-state index contributed by atoms with van der Waals surface area (Å²) in [6, 6.07) is 12.6. The van der Waals surface area contributed by atoms with E-state index >= 15 is 0 Å². The van der Waals surface area contributed by atoms with Gasteiger partial charge in [0.25, 0.3) is 0 Å². The van der Waals surface area contributed by atoms with E-state index in [0.29, 0.717) is 30.2 Å². The molecule has 2 aromatic carbocycles. The minimum absolute atomic E-state index is 0.0698. The summed E-state index contributed by atoms with van der Waals surface area (Å²) in [7, 11) is 0. The molecule has 32 heavy (non-hydrogen) atoms. The van der Waals surface area contributed by atoms with Crippen LogP contribution in [0.1, 0.15) is 29.2 Å². The molecule has 2 heterocycles. The summed E-state index contributed by atoms with van der Waals surface area (Å²) in [6.07, 6.45) is -4.83. The molecule has 0 bridgehead atoms. The minimum Gasteiger partial charge on any atom is -0.488 e. The van der Waals surface area contributed by atoms with Gasteiger partial charge in [-0.1, -0.05) is 35.9 Å². The van der Waals surface area contributed by atoms with Crippen LogP contribution in [0.25, 0.3) is 0 Å². The van der Waals surface area contributed by atoms with Crippen LogP contribution in [0.4, 0.5) is 0 Å². The van der Waals surface area contributed by atoms with E-state index in [1.165, 1.54) is 0 Å². The summed E-state index contributed by atoms with van der Waals surface area (Å²) in [5.41, 5.74) is 2.16. The average molecular weight is 467 g/mol. The summed E-state index contributed by atoms with van der Waals surface area (Å²) in [6.45, 7) is 0.357. The molecule has 0 saturated carbocycles. The Morgan fingerprint density at radius 3 is 2.47 bits per heavy atom. The fourth-order valence-electron chi connectivity index (χ4n) is 4.00. The standard InChI is InChI=1S/C23H27ClO8/c24-18-6-3-14(21-19(26)20(27)22(28)23(29,12-25)32-21)10-15(18)9-13-1-4-16(5-2-13)31-17-7-8-30-11-17/h1-6,10,17,19-22,25-29H,7-9,11-12H2/t17?,19-,20-,21+,22+,23?/m1/s1. The second kappa shape index (κ2) is 9.62. The average Bonchev–Trinajstić information content (AvgIpc) is 3.31. The lowest BCUT2D eigenvalue weighted by atomic mass is 9.88. The Balaban J connectivity index is 1.51. The van der Waals surface area contributed by atoms with Crippen molar-refractivity contribution in [2.75, 3.05) is 19.8 Å². The van der Waals surface area contributed by atoms with Crippen molar-refractivity contribution in [2.24, 2.45) is 0 Å². The number of ether oxygens (including phenoxy) is 3. The highest BCUT2D eigenvalue weighted by Gasteiger charge is 2.52. The number of hydrogen-bond donors (Lipinski definition) is 5. The van der Waals surface area contributed by atoms with Gasteiger partial charge in [0.2, 0.25) is 5.79 Å². The smallest absolute Gasteiger partial charge is 0.219 e. The number of aliphatic hydroxyl groups is 5. The van der Waals surface area contributed by atoms with E-state index < -0.39 is 36.8 Å². The summed E-state index contributed by atoms with van der Waals surface area (Å²) in [5.74, 6) is -1.64. The molecule has 0 radical (unpaired) electrons. The number of hydrogen-bond acceptors (Lipinski definition) is 8. The van der Waals surface area contributed by atoms with Gasteiger partial charge in [-0.3, -0.25) is 0 Å². The first kappa shape index (κ1) is 23.4. The molecular formula is C23H27ClO8. The second-order valence-corrected chi connectivity index (χ2v) is 8.65. The number of halogens is 1. The van der Waals surface area contributed by atoms with E-state index in [9.17, 15) is 25.5 Å². The number of aliphatic hydroxyl groups excluding tert-OH is 4. The first-order valence-electron chi connectivity index (χ1n) is 10.5. The first-order valence-corrected chi connectivity index (χ1v) is 10.9. The van der Waals surface area contributed by atoms with Gasteiger partial charge in [0, 0.05) is 11.4 Å². The maximum Gasteiger partial charge on any atom is 0.219 e. The highest BCUT2D eigenvalue weighted by Crippen LogP contribution is 2.38. The summed E-state index contributed by atoms with van der Waals surface area (Å²) in [5, 5.41) is 50.7. The van der Waals surface area contributed by atoms with Crippen molar-refractivity contribution in [3.8, 4) is 5.75 Å². The fraction of sp³-hybridized carbons (Fsp3) is 0.478. The Morgan fingerprint density at radius 2 is 1.81 bits per heavy atom. The lowest BCUT2D eigenvalue weighted by molar-refractivity contribution is -0.357. The molecular weight excluding hydrogens is 440 g/mol. The van der Waals surface area contributed by atoms with Gasteiger partial charge in [0.05, 0.1) is 19.8 Å². The molecule has 9 heteroatoms. The van der Waals surface area contributed by atoms with Crippen LogP contribution in [0.5, 0.6) is 5.75 Å². The summed E-state index contributed by atoms with van der Waals surface area (Å²) < 4.78 is 16.6. The van der Waals surface area contributed by atoms with Crippen molar-refractivity contribution in [3.63, 3.8) is 0 Å². The predicted octanol–water partition coefficient (Wildman–Crippen LogP) is 0.933. The molecule has 0 aromatic heterocycles. The van der Waals surface area contributed by atoms with Crippen LogP contribution in [0.3, 0.4) is 0 Å². The molecule has 8 nitrogen and oxygen atoms in total. The van der Waals surface area contributed by atoms with E-state index in [1.807, 2.05) is 24.3 Å². The minimum atomic E-state index is -2.40. The molecule has 2 aromatic rings. The topological polar surface area (TPSA) is 129 Å². The molecule has 2 aliphatic rings. The molecule has 0 spiro atoms. The van der Waals surface area contributed by atoms with Crippen molar-refractivity contribution in [3.05, 3.63) is 64.2 Å². The van der Waals surface area contributed by atoms with Gasteiger partial charge in [0.1, 0.15) is 36.3 Å². The molecule has 4 rings (SSSR count). The molecule has 0 amide bonds. The highest BCUT2D eigenvalue weighted by molar-refractivity contribution is 6.31. The normalized spacial score (nSPS) is 32.8. The zero-order chi connectivity index (χ0) is 22.9. The van der Waals surface area contributed by atoms with E-state index in [1.54, 1.807) is 18.2 Å². The molecule has 2 unspecified atom stereocenters. The molecule has 2 fully saturated rings. The van der Waals surface area contributed by atoms with Crippen molar-refractivity contribution < 1.29 is 39.7 Å². The van der Waals surface area contributed by atoms with Crippen molar-refractivity contribution in [2.45, 2.75) is 49.1 Å². The first-order chi connectivity index (χ1) is 15.3. The van der Waals surface area contributed by atoms with Crippen LogP contribution in [0.15, 0.2) is 42.5 Å². The predicted molar refractivity (Wildman–Crippen MR) is 114 cm³/mol. The third-order valence-electron chi connectivity index (χ3n) is 5.91. The van der Waals surface area contributed by atoms with Crippen LogP contribution >= 0.6 is 11.6 Å². The number of benzene rings is 2.